The predicted molar refractivity (Wildman–Crippen MR) is 113 cm³/mol. The number of carbonyl (C=O) groups is 1. The molecule has 0 saturated carbocycles. The van der Waals surface area contributed by atoms with E-state index in [1.807, 2.05) is 17.5 Å². The van der Waals surface area contributed by atoms with Crippen molar-refractivity contribution < 1.29 is 14.5 Å². The number of non-ortho nitro benzene ring substituents is 1. The van der Waals surface area contributed by atoms with Crippen LogP contribution >= 0.6 is 11.3 Å². The van der Waals surface area contributed by atoms with Crippen LogP contribution < -0.4 is 10.1 Å². The van der Waals surface area contributed by atoms with E-state index < -0.39 is 10.8 Å². The number of hydrogen-bond acceptors (Lipinski definition) is 7. The van der Waals surface area contributed by atoms with Crippen LogP contribution in [-0.2, 0) is 6.54 Å². The number of anilines is 1. The van der Waals surface area contributed by atoms with Crippen molar-refractivity contribution in [3.8, 4) is 5.75 Å². The van der Waals surface area contributed by atoms with Gasteiger partial charge in [-0.25, -0.2) is 9.67 Å². The van der Waals surface area contributed by atoms with Crippen LogP contribution in [-0.4, -0.2) is 32.7 Å². The molecule has 3 heterocycles. The minimum Gasteiger partial charge on any atom is -0.495 e. The molecule has 0 atom stereocenters. The summed E-state index contributed by atoms with van der Waals surface area (Å²) in [7, 11) is 1.43. The Balaban J connectivity index is 1.71. The maximum absolute atomic E-state index is 13.1. The molecule has 0 radical (unpaired) electrons. The van der Waals surface area contributed by atoms with Crippen LogP contribution in [0.25, 0.3) is 11.0 Å². The third kappa shape index (κ3) is 3.72. The third-order valence-corrected chi connectivity index (χ3v) is 5.37. The van der Waals surface area contributed by atoms with Crippen molar-refractivity contribution in [1.29, 1.82) is 0 Å². The molecule has 0 aliphatic carbocycles. The summed E-state index contributed by atoms with van der Waals surface area (Å²) < 4.78 is 6.97. The number of fused-ring (bicyclic) bond motifs is 1. The molecule has 0 saturated heterocycles. The highest BCUT2D eigenvalue weighted by Crippen LogP contribution is 2.30. The number of carbonyl (C=O) groups excluding carboxylic acids is 1. The monoisotopic (exact) mass is 423 g/mol. The standard InChI is InChI=1S/C20H17N5O4S/c1-12-8-15(16-10-21-24(19(16)22-12)11-14-4-3-7-30-14)20(26)23-17-9-13(25(27)28)5-6-18(17)29-2/h3-10H,11H2,1-2H3,(H,23,26). The van der Waals surface area contributed by atoms with Crippen LogP contribution in [0, 0.1) is 17.0 Å². The molecule has 1 amide bonds. The van der Waals surface area contributed by atoms with Crippen LogP contribution in [0.15, 0.2) is 48.0 Å². The normalized spacial score (nSPS) is 10.9. The number of methoxy groups -OCH3 is 1. The fraction of sp³-hybridized carbons (Fsp3) is 0.150. The number of aromatic nitrogens is 3. The van der Waals surface area contributed by atoms with Crippen molar-refractivity contribution in [3.63, 3.8) is 0 Å². The lowest BCUT2D eigenvalue weighted by atomic mass is 10.1. The quantitative estimate of drug-likeness (QED) is 0.370. The number of nitro groups is 1. The Hall–Kier alpha value is -3.79. The van der Waals surface area contributed by atoms with Gasteiger partial charge in [0.15, 0.2) is 5.65 Å². The van der Waals surface area contributed by atoms with Gasteiger partial charge in [0, 0.05) is 22.7 Å². The number of rotatable bonds is 6. The predicted octanol–water partition coefficient (Wildman–Crippen LogP) is 4.02. The highest BCUT2D eigenvalue weighted by Gasteiger charge is 2.19. The van der Waals surface area contributed by atoms with Crippen LogP contribution in [0.5, 0.6) is 5.75 Å². The number of nitrogens with one attached hydrogen (secondary N) is 1. The zero-order chi connectivity index (χ0) is 21.3. The lowest BCUT2D eigenvalue weighted by Crippen LogP contribution is -2.14. The van der Waals surface area contributed by atoms with Crippen LogP contribution in [0.3, 0.4) is 0 Å². The Labute approximate surface area is 175 Å². The number of nitrogens with zero attached hydrogens (tertiary/aromatic N) is 4. The first-order chi connectivity index (χ1) is 14.5. The second-order valence-electron chi connectivity index (χ2n) is 6.53. The number of aryl methyl sites for hydroxylation is 1. The maximum atomic E-state index is 13.1. The second-order valence-corrected chi connectivity index (χ2v) is 7.56. The Morgan fingerprint density at radius 2 is 2.17 bits per heavy atom. The number of pyridine rings is 1. The van der Waals surface area contributed by atoms with Gasteiger partial charge >= 0.3 is 0 Å². The molecule has 1 aromatic carbocycles. The van der Waals surface area contributed by atoms with Gasteiger partial charge in [-0.15, -0.1) is 11.3 Å². The van der Waals surface area contributed by atoms with Gasteiger partial charge in [-0.1, -0.05) is 6.07 Å². The van der Waals surface area contributed by atoms with Gasteiger partial charge in [0.05, 0.1) is 41.4 Å². The molecule has 10 heteroatoms. The van der Waals surface area contributed by atoms with Gasteiger partial charge in [0.1, 0.15) is 5.75 Å². The summed E-state index contributed by atoms with van der Waals surface area (Å²) in [5.74, 6) is -0.107. The Bertz CT molecular complexity index is 1250. The van der Waals surface area contributed by atoms with Gasteiger partial charge in [0.25, 0.3) is 11.6 Å². The average Bonchev–Trinajstić information content (AvgIpc) is 3.38. The minimum atomic E-state index is -0.529. The molecule has 1 N–H and O–H groups in total. The first kappa shape index (κ1) is 19.5. The number of amides is 1. The van der Waals surface area contributed by atoms with E-state index in [0.29, 0.717) is 34.6 Å². The Morgan fingerprint density at radius 3 is 2.87 bits per heavy atom. The Morgan fingerprint density at radius 1 is 1.33 bits per heavy atom. The van der Waals surface area contributed by atoms with Crippen molar-refractivity contribution in [2.75, 3.05) is 12.4 Å². The van der Waals surface area contributed by atoms with Crippen LogP contribution in [0.4, 0.5) is 11.4 Å². The molecule has 0 spiro atoms. The van der Waals surface area contributed by atoms with Gasteiger partial charge in [0.2, 0.25) is 0 Å². The molecule has 30 heavy (non-hydrogen) atoms. The first-order valence-electron chi connectivity index (χ1n) is 8.95. The van der Waals surface area contributed by atoms with Crippen molar-refractivity contribution in [2.24, 2.45) is 0 Å². The van der Waals surface area contributed by atoms with Gasteiger partial charge in [-0.05, 0) is 30.5 Å². The van der Waals surface area contributed by atoms with Gasteiger partial charge in [-0.3, -0.25) is 14.9 Å². The van der Waals surface area contributed by atoms with Crippen molar-refractivity contribution in [2.45, 2.75) is 13.5 Å². The summed E-state index contributed by atoms with van der Waals surface area (Å²) >= 11 is 1.62. The fourth-order valence-corrected chi connectivity index (χ4v) is 3.81. The van der Waals surface area contributed by atoms with Crippen molar-refractivity contribution >= 4 is 39.7 Å². The molecule has 0 fully saturated rings. The van der Waals surface area contributed by atoms with Gasteiger partial charge in [-0.2, -0.15) is 5.10 Å². The Kier molecular flexibility index (Phi) is 5.15. The smallest absolute Gasteiger partial charge is 0.271 e. The van der Waals surface area contributed by atoms with Crippen LogP contribution in [0.1, 0.15) is 20.9 Å². The van der Waals surface area contributed by atoms with E-state index in [-0.39, 0.29) is 11.4 Å². The highest BCUT2D eigenvalue weighted by molar-refractivity contribution is 7.09. The molecule has 3 aromatic heterocycles. The summed E-state index contributed by atoms with van der Waals surface area (Å²) in [4.78, 5) is 29.3. The largest absolute Gasteiger partial charge is 0.495 e. The SMILES string of the molecule is COc1ccc([N+](=O)[O-])cc1NC(=O)c1cc(C)nc2c1cnn2Cc1cccs1. The number of hydrogen-bond donors (Lipinski definition) is 1. The number of nitro benzene ring substituents is 1. The molecule has 0 aliphatic rings. The molecule has 4 rings (SSSR count). The van der Waals surface area contributed by atoms with E-state index in [1.165, 1.54) is 25.3 Å². The van der Waals surface area contributed by atoms with Crippen molar-refractivity contribution in [1.82, 2.24) is 14.8 Å². The van der Waals surface area contributed by atoms with E-state index in [2.05, 4.69) is 15.4 Å². The van der Waals surface area contributed by atoms with E-state index in [0.717, 1.165) is 4.88 Å². The van der Waals surface area contributed by atoms with Crippen LogP contribution in [0.2, 0.25) is 0 Å². The summed E-state index contributed by atoms with van der Waals surface area (Å²) in [5, 5.41) is 20.8. The molecule has 4 aromatic rings. The third-order valence-electron chi connectivity index (χ3n) is 4.51. The molecule has 152 valence electrons. The first-order valence-corrected chi connectivity index (χ1v) is 9.83. The van der Waals surface area contributed by atoms with E-state index in [9.17, 15) is 14.9 Å². The molecule has 9 nitrogen and oxygen atoms in total. The fourth-order valence-electron chi connectivity index (χ4n) is 3.12. The van der Waals surface area contributed by atoms with E-state index >= 15 is 0 Å². The molecule has 0 bridgehead atoms. The highest BCUT2D eigenvalue weighted by atomic mass is 32.1. The second kappa shape index (κ2) is 7.91. The molecular formula is C20H17N5O4S. The number of ether oxygens (including phenoxy) is 1. The summed E-state index contributed by atoms with van der Waals surface area (Å²) in [6.07, 6.45) is 1.61. The van der Waals surface area contributed by atoms with E-state index in [4.69, 9.17) is 4.74 Å². The zero-order valence-corrected chi connectivity index (χ0v) is 17.0. The summed E-state index contributed by atoms with van der Waals surface area (Å²) in [6, 6.07) is 9.67. The molecule has 0 aliphatic heterocycles. The topological polar surface area (TPSA) is 112 Å². The lowest BCUT2D eigenvalue weighted by molar-refractivity contribution is -0.384. The number of benzene rings is 1. The molecular weight excluding hydrogens is 406 g/mol. The molecule has 0 unspecified atom stereocenters. The van der Waals surface area contributed by atoms with E-state index in [1.54, 1.807) is 35.2 Å². The van der Waals surface area contributed by atoms with Crippen molar-refractivity contribution in [3.05, 3.63) is 74.2 Å². The summed E-state index contributed by atoms with van der Waals surface area (Å²) in [6.45, 7) is 2.35. The summed E-state index contributed by atoms with van der Waals surface area (Å²) in [5.41, 5.74) is 1.70. The zero-order valence-electron chi connectivity index (χ0n) is 16.2. The van der Waals surface area contributed by atoms with Gasteiger partial charge < -0.3 is 10.1 Å². The average molecular weight is 423 g/mol. The maximum Gasteiger partial charge on any atom is 0.271 e. The number of thiophene rings is 1. The minimum absolute atomic E-state index is 0.147. The lowest BCUT2D eigenvalue weighted by Gasteiger charge is -2.11.